The molecule has 2 aliphatic rings. The third-order valence-electron chi connectivity index (χ3n) is 5.17. The molecule has 3 aromatic rings. The Hall–Kier alpha value is -2.98. The van der Waals surface area contributed by atoms with Crippen molar-refractivity contribution in [1.82, 2.24) is 0 Å². The minimum absolute atomic E-state index is 0.0373. The predicted molar refractivity (Wildman–Crippen MR) is 108 cm³/mol. The van der Waals surface area contributed by atoms with Crippen molar-refractivity contribution >= 4 is 37.1 Å². The standard InChI is InChI=1S/C22H15NO2S/c24-23(25)19-9-4-6-14-5-3-8-16(22(14)19)15-11-12-21-18(13-15)17-7-1-2-10-20(17)26-21/h1-14,22H. The number of fused-ring (bicyclic) bond motifs is 4. The van der Waals surface area contributed by atoms with Crippen molar-refractivity contribution in [2.45, 2.75) is 0 Å². The first-order valence-corrected chi connectivity index (χ1v) is 9.37. The first-order chi connectivity index (χ1) is 12.7. The molecule has 0 radical (unpaired) electrons. The van der Waals surface area contributed by atoms with E-state index >= 15 is 0 Å². The molecule has 0 aliphatic heterocycles. The molecule has 2 unspecified atom stereocenters. The molecule has 3 nitrogen and oxygen atoms in total. The van der Waals surface area contributed by atoms with Crippen LogP contribution in [-0.4, -0.2) is 4.92 Å². The fraction of sp³-hybridized carbons (Fsp3) is 0.0909. The number of rotatable bonds is 2. The van der Waals surface area contributed by atoms with Gasteiger partial charge in [0.25, 0.3) is 5.70 Å². The highest BCUT2D eigenvalue weighted by atomic mass is 32.1. The van der Waals surface area contributed by atoms with Crippen LogP contribution in [0.2, 0.25) is 0 Å². The number of allylic oxidation sites excluding steroid dienone is 7. The molecule has 2 aromatic carbocycles. The summed E-state index contributed by atoms with van der Waals surface area (Å²) in [6.07, 6.45) is 11.5. The van der Waals surface area contributed by atoms with E-state index in [4.69, 9.17) is 0 Å². The van der Waals surface area contributed by atoms with Crippen LogP contribution in [0.4, 0.5) is 0 Å². The lowest BCUT2D eigenvalue weighted by Crippen LogP contribution is -2.24. The second kappa shape index (κ2) is 5.78. The monoisotopic (exact) mass is 357 g/mol. The van der Waals surface area contributed by atoms with Gasteiger partial charge in [-0.1, -0.05) is 54.6 Å². The Kier molecular flexibility index (Phi) is 3.40. The van der Waals surface area contributed by atoms with E-state index in [0.29, 0.717) is 0 Å². The number of hydrogen-bond donors (Lipinski definition) is 0. The van der Waals surface area contributed by atoms with Crippen molar-refractivity contribution < 1.29 is 4.92 Å². The summed E-state index contributed by atoms with van der Waals surface area (Å²) in [6, 6.07) is 14.8. The largest absolute Gasteiger partial charge is 0.259 e. The van der Waals surface area contributed by atoms with Crippen LogP contribution in [0.25, 0.3) is 25.7 Å². The zero-order valence-corrected chi connectivity index (χ0v) is 14.6. The molecule has 0 spiro atoms. The summed E-state index contributed by atoms with van der Waals surface area (Å²) in [6.45, 7) is 0. The van der Waals surface area contributed by atoms with Gasteiger partial charge < -0.3 is 0 Å². The van der Waals surface area contributed by atoms with E-state index in [0.717, 1.165) is 11.1 Å². The van der Waals surface area contributed by atoms with Gasteiger partial charge in [-0.3, -0.25) is 10.1 Å². The molecule has 0 saturated heterocycles. The lowest BCUT2D eigenvalue weighted by Gasteiger charge is -2.27. The maximum Gasteiger partial charge on any atom is 0.254 e. The van der Waals surface area contributed by atoms with Crippen molar-refractivity contribution in [1.29, 1.82) is 0 Å². The van der Waals surface area contributed by atoms with E-state index < -0.39 is 0 Å². The fourth-order valence-electron chi connectivity index (χ4n) is 3.98. The molecule has 1 heterocycles. The van der Waals surface area contributed by atoms with Crippen LogP contribution in [0, 0.1) is 22.0 Å². The SMILES string of the molecule is O=[N+]([O-])C1=CC=CC2C=CC=C(c3ccc4sc5ccccc5c4c3)C12. The zero-order chi connectivity index (χ0) is 17.7. The van der Waals surface area contributed by atoms with Gasteiger partial charge in [0.05, 0.1) is 10.8 Å². The average molecular weight is 357 g/mol. The van der Waals surface area contributed by atoms with Gasteiger partial charge in [-0.2, -0.15) is 0 Å². The summed E-state index contributed by atoms with van der Waals surface area (Å²) in [7, 11) is 0. The van der Waals surface area contributed by atoms with Crippen LogP contribution in [0.1, 0.15) is 5.56 Å². The van der Waals surface area contributed by atoms with Gasteiger partial charge >= 0.3 is 0 Å². The Labute approximate surface area is 154 Å². The zero-order valence-electron chi connectivity index (χ0n) is 13.8. The van der Waals surface area contributed by atoms with Crippen molar-refractivity contribution in [2.24, 2.45) is 11.8 Å². The van der Waals surface area contributed by atoms with Crippen LogP contribution in [-0.2, 0) is 0 Å². The van der Waals surface area contributed by atoms with E-state index in [1.807, 2.05) is 24.3 Å². The van der Waals surface area contributed by atoms with Crippen molar-refractivity contribution in [2.75, 3.05) is 0 Å². The fourth-order valence-corrected chi connectivity index (χ4v) is 5.07. The van der Waals surface area contributed by atoms with Gasteiger partial charge in [0.1, 0.15) is 0 Å². The molecular formula is C22H15NO2S. The second-order valence-electron chi connectivity index (χ2n) is 6.60. The third kappa shape index (κ3) is 2.26. The van der Waals surface area contributed by atoms with Crippen molar-refractivity contribution in [3.8, 4) is 0 Å². The molecule has 2 aliphatic carbocycles. The highest BCUT2D eigenvalue weighted by Crippen LogP contribution is 2.43. The Bertz CT molecular complexity index is 1180. The Balaban J connectivity index is 1.69. The minimum Gasteiger partial charge on any atom is -0.259 e. The second-order valence-corrected chi connectivity index (χ2v) is 7.69. The Morgan fingerprint density at radius 1 is 0.923 bits per heavy atom. The average Bonchev–Trinajstić information content (AvgIpc) is 3.05. The minimum atomic E-state index is -0.243. The summed E-state index contributed by atoms with van der Waals surface area (Å²) in [5, 5.41) is 14.0. The molecule has 26 heavy (non-hydrogen) atoms. The Morgan fingerprint density at radius 2 is 1.69 bits per heavy atom. The van der Waals surface area contributed by atoms with Crippen molar-refractivity contribution in [3.05, 3.63) is 100 Å². The number of thiophene rings is 1. The van der Waals surface area contributed by atoms with Gasteiger partial charge in [0, 0.05) is 32.2 Å². The van der Waals surface area contributed by atoms with E-state index in [2.05, 4.69) is 42.5 Å². The van der Waals surface area contributed by atoms with Crippen LogP contribution >= 0.6 is 11.3 Å². The molecule has 0 N–H and O–H groups in total. The first kappa shape index (κ1) is 15.3. The van der Waals surface area contributed by atoms with Crippen LogP contribution < -0.4 is 0 Å². The maximum absolute atomic E-state index is 11.6. The van der Waals surface area contributed by atoms with Crippen LogP contribution in [0.3, 0.4) is 0 Å². The molecule has 1 aromatic heterocycles. The summed E-state index contributed by atoms with van der Waals surface area (Å²) in [5.41, 5.74) is 2.34. The quantitative estimate of drug-likeness (QED) is 0.419. The third-order valence-corrected chi connectivity index (χ3v) is 6.32. The molecule has 0 fully saturated rings. The molecule has 5 rings (SSSR count). The summed E-state index contributed by atoms with van der Waals surface area (Å²) in [4.78, 5) is 11.3. The predicted octanol–water partition coefficient (Wildman–Crippen LogP) is 5.97. The Morgan fingerprint density at radius 3 is 2.54 bits per heavy atom. The first-order valence-electron chi connectivity index (χ1n) is 8.55. The molecule has 0 amide bonds. The number of nitrogens with zero attached hydrogens (tertiary/aromatic N) is 1. The normalized spacial score (nSPS) is 21.5. The lowest BCUT2D eigenvalue weighted by atomic mass is 9.75. The molecule has 4 heteroatoms. The lowest BCUT2D eigenvalue weighted by molar-refractivity contribution is -0.432. The van der Waals surface area contributed by atoms with Gasteiger partial charge in [0.2, 0.25) is 0 Å². The molecular weight excluding hydrogens is 342 g/mol. The number of nitro groups is 1. The van der Waals surface area contributed by atoms with Gasteiger partial charge in [-0.05, 0) is 29.3 Å². The molecule has 0 bridgehead atoms. The highest BCUT2D eigenvalue weighted by molar-refractivity contribution is 7.25. The van der Waals surface area contributed by atoms with E-state index in [-0.39, 0.29) is 22.5 Å². The molecule has 2 atom stereocenters. The molecule has 0 saturated carbocycles. The maximum atomic E-state index is 11.6. The smallest absolute Gasteiger partial charge is 0.254 e. The van der Waals surface area contributed by atoms with E-state index in [1.54, 1.807) is 23.5 Å². The topological polar surface area (TPSA) is 43.1 Å². The van der Waals surface area contributed by atoms with E-state index in [9.17, 15) is 10.1 Å². The van der Waals surface area contributed by atoms with Crippen LogP contribution in [0.15, 0.2) is 84.6 Å². The number of benzene rings is 2. The van der Waals surface area contributed by atoms with Gasteiger partial charge in [-0.25, -0.2) is 0 Å². The van der Waals surface area contributed by atoms with Crippen molar-refractivity contribution in [3.63, 3.8) is 0 Å². The molecule has 126 valence electrons. The van der Waals surface area contributed by atoms with Gasteiger partial charge in [0.15, 0.2) is 0 Å². The summed E-state index contributed by atoms with van der Waals surface area (Å²) < 4.78 is 2.51. The number of hydrogen-bond acceptors (Lipinski definition) is 3. The highest BCUT2D eigenvalue weighted by Gasteiger charge is 2.36. The van der Waals surface area contributed by atoms with E-state index in [1.165, 1.54) is 20.2 Å². The summed E-state index contributed by atoms with van der Waals surface area (Å²) in [5.74, 6) is -0.197. The summed E-state index contributed by atoms with van der Waals surface area (Å²) >= 11 is 1.78. The van der Waals surface area contributed by atoms with Gasteiger partial charge in [-0.15, -0.1) is 11.3 Å². The van der Waals surface area contributed by atoms with Crippen LogP contribution in [0.5, 0.6) is 0 Å².